The van der Waals surface area contributed by atoms with E-state index >= 15 is 0 Å². The molecule has 0 aliphatic carbocycles. The topological polar surface area (TPSA) is 20.3 Å². The number of carbonyl (C=O) groups excluding carboxylic acids is 1. The standard InChI is InChI=1S/C19H22FNO/c1-4-21(18-13-14(2)9-10-15(18)3)19(22)12-11-16-7-5-6-8-17(16)20/h5-10,13H,4,11-12H2,1-3H3. The summed E-state index contributed by atoms with van der Waals surface area (Å²) in [7, 11) is 0. The minimum absolute atomic E-state index is 0.0273. The van der Waals surface area contributed by atoms with Crippen LogP contribution in [-0.2, 0) is 11.2 Å². The van der Waals surface area contributed by atoms with E-state index in [4.69, 9.17) is 0 Å². The summed E-state index contributed by atoms with van der Waals surface area (Å²) in [5.41, 5.74) is 3.74. The van der Waals surface area contributed by atoms with Gasteiger partial charge in [0.15, 0.2) is 0 Å². The molecule has 116 valence electrons. The molecule has 1 amide bonds. The zero-order valence-electron chi connectivity index (χ0n) is 13.4. The summed E-state index contributed by atoms with van der Waals surface area (Å²) in [5, 5.41) is 0. The van der Waals surface area contributed by atoms with E-state index in [9.17, 15) is 9.18 Å². The Morgan fingerprint density at radius 2 is 1.86 bits per heavy atom. The molecule has 0 radical (unpaired) electrons. The van der Waals surface area contributed by atoms with Gasteiger partial charge in [0.05, 0.1) is 0 Å². The molecule has 0 spiro atoms. The number of nitrogens with zero attached hydrogens (tertiary/aromatic N) is 1. The number of hydrogen-bond acceptors (Lipinski definition) is 1. The van der Waals surface area contributed by atoms with Gasteiger partial charge in [0, 0.05) is 18.7 Å². The van der Waals surface area contributed by atoms with Crippen molar-refractivity contribution in [2.75, 3.05) is 11.4 Å². The molecule has 2 rings (SSSR count). The van der Waals surface area contributed by atoms with Crippen molar-refractivity contribution >= 4 is 11.6 Å². The van der Waals surface area contributed by atoms with Crippen molar-refractivity contribution in [1.29, 1.82) is 0 Å². The van der Waals surface area contributed by atoms with Gasteiger partial charge in [-0.2, -0.15) is 0 Å². The highest BCUT2D eigenvalue weighted by Crippen LogP contribution is 2.22. The Morgan fingerprint density at radius 3 is 2.55 bits per heavy atom. The van der Waals surface area contributed by atoms with Crippen molar-refractivity contribution in [2.45, 2.75) is 33.6 Å². The van der Waals surface area contributed by atoms with Crippen molar-refractivity contribution in [1.82, 2.24) is 0 Å². The van der Waals surface area contributed by atoms with Gasteiger partial charge in [-0.25, -0.2) is 4.39 Å². The molecule has 0 unspecified atom stereocenters. The zero-order valence-corrected chi connectivity index (χ0v) is 13.4. The molecule has 0 aliphatic rings. The third-order valence-corrected chi connectivity index (χ3v) is 3.84. The highest BCUT2D eigenvalue weighted by atomic mass is 19.1. The van der Waals surface area contributed by atoms with Crippen LogP contribution in [0.25, 0.3) is 0 Å². The van der Waals surface area contributed by atoms with Gasteiger partial charge in [-0.3, -0.25) is 4.79 Å². The lowest BCUT2D eigenvalue weighted by Gasteiger charge is -2.23. The number of amides is 1. The molecule has 0 aromatic heterocycles. The van der Waals surface area contributed by atoms with Crippen LogP contribution in [0.4, 0.5) is 10.1 Å². The minimum Gasteiger partial charge on any atom is -0.312 e. The molecule has 0 N–H and O–H groups in total. The smallest absolute Gasteiger partial charge is 0.227 e. The highest BCUT2D eigenvalue weighted by Gasteiger charge is 2.16. The van der Waals surface area contributed by atoms with Gasteiger partial charge in [-0.1, -0.05) is 30.3 Å². The van der Waals surface area contributed by atoms with Crippen LogP contribution in [-0.4, -0.2) is 12.5 Å². The van der Waals surface area contributed by atoms with E-state index in [2.05, 4.69) is 0 Å². The third-order valence-electron chi connectivity index (χ3n) is 3.84. The van der Waals surface area contributed by atoms with Crippen LogP contribution in [0.2, 0.25) is 0 Å². The van der Waals surface area contributed by atoms with Crippen molar-refractivity contribution in [3.05, 3.63) is 65.0 Å². The van der Waals surface area contributed by atoms with E-state index in [1.54, 1.807) is 23.1 Å². The molecule has 2 aromatic rings. The Kier molecular flexibility index (Phi) is 5.31. The number of benzene rings is 2. The van der Waals surface area contributed by atoms with Gasteiger partial charge in [-0.05, 0) is 56.0 Å². The first kappa shape index (κ1) is 16.2. The second-order valence-electron chi connectivity index (χ2n) is 5.52. The second kappa shape index (κ2) is 7.21. The van der Waals surface area contributed by atoms with Crippen molar-refractivity contribution in [3.8, 4) is 0 Å². The summed E-state index contributed by atoms with van der Waals surface area (Å²) in [6.07, 6.45) is 0.731. The predicted molar refractivity (Wildman–Crippen MR) is 88.7 cm³/mol. The van der Waals surface area contributed by atoms with E-state index in [1.165, 1.54) is 6.07 Å². The molecule has 0 atom stereocenters. The maximum absolute atomic E-state index is 13.6. The first-order valence-electron chi connectivity index (χ1n) is 7.64. The van der Waals surface area contributed by atoms with Crippen LogP contribution in [0.1, 0.15) is 30.0 Å². The molecular formula is C19H22FNO. The number of hydrogen-bond donors (Lipinski definition) is 0. The Labute approximate surface area is 131 Å². The monoisotopic (exact) mass is 299 g/mol. The normalized spacial score (nSPS) is 10.5. The summed E-state index contributed by atoms with van der Waals surface area (Å²) in [5.74, 6) is -0.218. The average Bonchev–Trinajstić information content (AvgIpc) is 2.50. The SMILES string of the molecule is CCN(C(=O)CCc1ccccc1F)c1cc(C)ccc1C. The fourth-order valence-electron chi connectivity index (χ4n) is 2.57. The van der Waals surface area contributed by atoms with Crippen LogP contribution in [0.15, 0.2) is 42.5 Å². The lowest BCUT2D eigenvalue weighted by atomic mass is 10.1. The summed E-state index contributed by atoms with van der Waals surface area (Å²) in [6, 6.07) is 12.7. The fraction of sp³-hybridized carbons (Fsp3) is 0.316. The van der Waals surface area contributed by atoms with E-state index in [0.29, 0.717) is 24.9 Å². The molecule has 2 nitrogen and oxygen atoms in total. The van der Waals surface area contributed by atoms with E-state index in [-0.39, 0.29) is 11.7 Å². The Balaban J connectivity index is 2.12. The maximum Gasteiger partial charge on any atom is 0.227 e. The Morgan fingerprint density at radius 1 is 1.14 bits per heavy atom. The van der Waals surface area contributed by atoms with E-state index < -0.39 is 0 Å². The van der Waals surface area contributed by atoms with Gasteiger partial charge >= 0.3 is 0 Å². The summed E-state index contributed by atoms with van der Waals surface area (Å²) in [6.45, 7) is 6.59. The Bertz CT molecular complexity index is 666. The molecule has 0 heterocycles. The van der Waals surface area contributed by atoms with Gasteiger partial charge in [0.1, 0.15) is 5.82 Å². The minimum atomic E-state index is -0.245. The van der Waals surface area contributed by atoms with Crippen LogP contribution in [0, 0.1) is 19.7 Å². The van der Waals surface area contributed by atoms with Crippen molar-refractivity contribution in [2.24, 2.45) is 0 Å². The van der Waals surface area contributed by atoms with Crippen LogP contribution in [0.3, 0.4) is 0 Å². The zero-order chi connectivity index (χ0) is 16.1. The van der Waals surface area contributed by atoms with Crippen molar-refractivity contribution in [3.63, 3.8) is 0 Å². The van der Waals surface area contributed by atoms with E-state index in [0.717, 1.165) is 16.8 Å². The molecule has 0 bridgehead atoms. The van der Waals surface area contributed by atoms with E-state index in [1.807, 2.05) is 39.0 Å². The molecule has 2 aromatic carbocycles. The fourth-order valence-corrected chi connectivity index (χ4v) is 2.57. The molecular weight excluding hydrogens is 277 g/mol. The molecule has 0 fully saturated rings. The molecule has 0 saturated heterocycles. The summed E-state index contributed by atoms with van der Waals surface area (Å²) in [4.78, 5) is 14.3. The number of carbonyl (C=O) groups is 1. The second-order valence-corrected chi connectivity index (χ2v) is 5.52. The lowest BCUT2D eigenvalue weighted by Crippen LogP contribution is -2.31. The summed E-state index contributed by atoms with van der Waals surface area (Å²) >= 11 is 0. The predicted octanol–water partition coefficient (Wildman–Crippen LogP) is 4.43. The highest BCUT2D eigenvalue weighted by molar-refractivity contribution is 5.94. The van der Waals surface area contributed by atoms with Crippen LogP contribution in [0.5, 0.6) is 0 Å². The number of rotatable bonds is 5. The largest absolute Gasteiger partial charge is 0.312 e. The number of halogens is 1. The summed E-state index contributed by atoms with van der Waals surface area (Å²) < 4.78 is 13.6. The van der Waals surface area contributed by atoms with Gasteiger partial charge in [-0.15, -0.1) is 0 Å². The van der Waals surface area contributed by atoms with Gasteiger partial charge < -0.3 is 4.90 Å². The molecule has 0 saturated carbocycles. The third kappa shape index (κ3) is 3.73. The molecule has 22 heavy (non-hydrogen) atoms. The quantitative estimate of drug-likeness (QED) is 0.800. The number of anilines is 1. The van der Waals surface area contributed by atoms with Crippen LogP contribution < -0.4 is 4.90 Å². The first-order valence-corrected chi connectivity index (χ1v) is 7.64. The van der Waals surface area contributed by atoms with Gasteiger partial charge in [0.2, 0.25) is 5.91 Å². The van der Waals surface area contributed by atoms with Gasteiger partial charge in [0.25, 0.3) is 0 Å². The maximum atomic E-state index is 13.6. The molecule has 0 aliphatic heterocycles. The van der Waals surface area contributed by atoms with Crippen molar-refractivity contribution < 1.29 is 9.18 Å². The lowest BCUT2D eigenvalue weighted by molar-refractivity contribution is -0.118. The Hall–Kier alpha value is -2.16. The first-order chi connectivity index (χ1) is 10.5. The average molecular weight is 299 g/mol. The van der Waals surface area contributed by atoms with Crippen LogP contribution >= 0.6 is 0 Å². The number of aryl methyl sites for hydroxylation is 3. The molecule has 3 heteroatoms.